The Morgan fingerprint density at radius 2 is 1.78 bits per heavy atom. The zero-order chi connectivity index (χ0) is 13.9. The predicted molar refractivity (Wildman–Crippen MR) is 77.8 cm³/mol. The molecule has 0 aromatic carbocycles. The third-order valence-electron chi connectivity index (χ3n) is 3.98. The lowest BCUT2D eigenvalue weighted by atomic mass is 9.84. The molecule has 0 N–H and O–H groups in total. The Morgan fingerprint density at radius 3 is 2.22 bits per heavy atom. The van der Waals surface area contributed by atoms with Crippen LogP contribution in [0.3, 0.4) is 0 Å². The number of amides is 1. The summed E-state index contributed by atoms with van der Waals surface area (Å²) in [6.45, 7) is 11.5. The van der Waals surface area contributed by atoms with Crippen LogP contribution in [0.25, 0.3) is 0 Å². The highest BCUT2D eigenvalue weighted by Crippen LogP contribution is 2.29. The lowest BCUT2D eigenvalue weighted by molar-refractivity contribution is -0.139. The smallest absolute Gasteiger partial charge is 0.226 e. The Balaban J connectivity index is 2.74. The van der Waals surface area contributed by atoms with Gasteiger partial charge >= 0.3 is 0 Å². The molecular formula is C15H28ClNO. The van der Waals surface area contributed by atoms with E-state index in [-0.39, 0.29) is 11.3 Å². The summed E-state index contributed by atoms with van der Waals surface area (Å²) in [6.07, 6.45) is 3.17. The van der Waals surface area contributed by atoms with E-state index in [0.29, 0.717) is 23.8 Å². The Labute approximate surface area is 117 Å². The number of rotatable bonds is 5. The second-order valence-corrected chi connectivity index (χ2v) is 7.10. The van der Waals surface area contributed by atoms with Crippen LogP contribution in [0, 0.1) is 17.8 Å². The number of carbonyl (C=O) groups is 1. The van der Waals surface area contributed by atoms with E-state index in [1.54, 1.807) is 0 Å². The van der Waals surface area contributed by atoms with Gasteiger partial charge in [-0.05, 0) is 38.0 Å². The normalized spacial score (nSPS) is 22.3. The van der Waals surface area contributed by atoms with Gasteiger partial charge in [-0.15, -0.1) is 11.6 Å². The van der Waals surface area contributed by atoms with Gasteiger partial charge in [0.1, 0.15) is 0 Å². The first-order valence-electron chi connectivity index (χ1n) is 7.29. The number of likely N-dealkylation sites (tertiary alicyclic amines) is 1. The molecule has 3 heteroatoms. The Morgan fingerprint density at radius 1 is 1.22 bits per heavy atom. The average Bonchev–Trinajstić information content (AvgIpc) is 2.63. The molecule has 106 valence electrons. The molecule has 0 saturated carbocycles. The Bertz CT molecular complexity index is 268. The molecule has 2 nitrogen and oxygen atoms in total. The molecule has 0 spiro atoms. The van der Waals surface area contributed by atoms with Crippen LogP contribution in [0.4, 0.5) is 0 Å². The molecule has 0 aromatic rings. The first kappa shape index (κ1) is 15.8. The van der Waals surface area contributed by atoms with Crippen molar-refractivity contribution in [2.45, 2.75) is 65.3 Å². The molecule has 0 radical (unpaired) electrons. The SMILES string of the molecule is CC(Cl)CC1CCCN1C(=O)C(C(C)C)C(C)C. The Kier molecular flexibility index (Phi) is 5.97. The van der Waals surface area contributed by atoms with Crippen molar-refractivity contribution >= 4 is 17.5 Å². The van der Waals surface area contributed by atoms with E-state index >= 15 is 0 Å². The molecule has 2 unspecified atom stereocenters. The number of alkyl halides is 1. The van der Waals surface area contributed by atoms with Crippen molar-refractivity contribution in [3.63, 3.8) is 0 Å². The highest BCUT2D eigenvalue weighted by Gasteiger charge is 2.35. The topological polar surface area (TPSA) is 20.3 Å². The lowest BCUT2D eigenvalue weighted by Gasteiger charge is -2.33. The van der Waals surface area contributed by atoms with E-state index in [0.717, 1.165) is 25.8 Å². The number of halogens is 1. The number of hydrogen-bond acceptors (Lipinski definition) is 1. The van der Waals surface area contributed by atoms with Gasteiger partial charge in [0.2, 0.25) is 5.91 Å². The predicted octanol–water partition coefficient (Wildman–Crippen LogP) is 3.92. The van der Waals surface area contributed by atoms with E-state index in [1.165, 1.54) is 0 Å². The van der Waals surface area contributed by atoms with Crippen molar-refractivity contribution < 1.29 is 4.79 Å². The number of hydrogen-bond donors (Lipinski definition) is 0. The quantitative estimate of drug-likeness (QED) is 0.695. The van der Waals surface area contributed by atoms with Crippen LogP contribution >= 0.6 is 11.6 Å². The molecule has 1 rings (SSSR count). The van der Waals surface area contributed by atoms with Crippen molar-refractivity contribution in [3.05, 3.63) is 0 Å². The summed E-state index contributed by atoms with van der Waals surface area (Å²) in [6, 6.07) is 0.366. The van der Waals surface area contributed by atoms with E-state index in [1.807, 2.05) is 6.92 Å². The lowest BCUT2D eigenvalue weighted by Crippen LogP contribution is -2.43. The van der Waals surface area contributed by atoms with Crippen molar-refractivity contribution in [2.75, 3.05) is 6.54 Å². The summed E-state index contributed by atoms with van der Waals surface area (Å²) in [5.74, 6) is 1.32. The monoisotopic (exact) mass is 273 g/mol. The van der Waals surface area contributed by atoms with Crippen molar-refractivity contribution in [2.24, 2.45) is 17.8 Å². The second kappa shape index (κ2) is 6.79. The van der Waals surface area contributed by atoms with E-state index < -0.39 is 0 Å². The zero-order valence-electron chi connectivity index (χ0n) is 12.4. The van der Waals surface area contributed by atoms with Gasteiger partial charge in [-0.2, -0.15) is 0 Å². The van der Waals surface area contributed by atoms with Crippen LogP contribution in [-0.4, -0.2) is 28.8 Å². The third kappa shape index (κ3) is 3.88. The Hall–Kier alpha value is -0.240. The molecule has 0 aromatic heterocycles. The minimum absolute atomic E-state index is 0.149. The maximum absolute atomic E-state index is 12.7. The third-order valence-corrected chi connectivity index (χ3v) is 4.16. The van der Waals surface area contributed by atoms with Gasteiger partial charge in [-0.3, -0.25) is 4.79 Å². The van der Waals surface area contributed by atoms with Gasteiger partial charge < -0.3 is 4.90 Å². The molecule has 0 bridgehead atoms. The highest BCUT2D eigenvalue weighted by atomic mass is 35.5. The zero-order valence-corrected chi connectivity index (χ0v) is 13.2. The molecular weight excluding hydrogens is 246 g/mol. The first-order valence-corrected chi connectivity index (χ1v) is 7.72. The van der Waals surface area contributed by atoms with Gasteiger partial charge in [-0.1, -0.05) is 27.7 Å². The van der Waals surface area contributed by atoms with Gasteiger partial charge in [0.15, 0.2) is 0 Å². The molecule has 1 aliphatic heterocycles. The van der Waals surface area contributed by atoms with Gasteiger partial charge in [-0.25, -0.2) is 0 Å². The summed E-state index contributed by atoms with van der Waals surface area (Å²) in [7, 11) is 0. The van der Waals surface area contributed by atoms with E-state index in [4.69, 9.17) is 11.6 Å². The molecule has 18 heavy (non-hydrogen) atoms. The largest absolute Gasteiger partial charge is 0.339 e. The van der Waals surface area contributed by atoms with E-state index in [9.17, 15) is 4.79 Å². The summed E-state index contributed by atoms with van der Waals surface area (Å²) < 4.78 is 0. The van der Waals surface area contributed by atoms with Crippen LogP contribution in [0.2, 0.25) is 0 Å². The highest BCUT2D eigenvalue weighted by molar-refractivity contribution is 6.20. The van der Waals surface area contributed by atoms with Crippen LogP contribution in [0.15, 0.2) is 0 Å². The molecule has 0 aliphatic carbocycles. The summed E-state index contributed by atoms with van der Waals surface area (Å²) in [4.78, 5) is 14.8. The molecule has 1 fully saturated rings. The average molecular weight is 274 g/mol. The molecule has 1 aliphatic rings. The molecule has 2 atom stereocenters. The fraction of sp³-hybridized carbons (Fsp3) is 0.933. The van der Waals surface area contributed by atoms with Crippen LogP contribution in [-0.2, 0) is 4.79 Å². The standard InChI is InChI=1S/C15H28ClNO/c1-10(2)14(11(3)4)15(18)17-8-6-7-13(17)9-12(5)16/h10-14H,6-9H2,1-5H3. The fourth-order valence-corrected chi connectivity index (χ4v) is 3.48. The van der Waals surface area contributed by atoms with Crippen LogP contribution < -0.4 is 0 Å². The van der Waals surface area contributed by atoms with Gasteiger partial charge in [0.05, 0.1) is 0 Å². The van der Waals surface area contributed by atoms with Crippen molar-refractivity contribution in [1.29, 1.82) is 0 Å². The summed E-state index contributed by atoms with van der Waals surface area (Å²) >= 11 is 6.09. The second-order valence-electron chi connectivity index (χ2n) is 6.36. The van der Waals surface area contributed by atoms with Gasteiger partial charge in [0, 0.05) is 23.9 Å². The molecule has 1 heterocycles. The maximum atomic E-state index is 12.7. The molecule has 1 amide bonds. The minimum Gasteiger partial charge on any atom is -0.339 e. The summed E-state index contributed by atoms with van der Waals surface area (Å²) in [5.41, 5.74) is 0. The van der Waals surface area contributed by atoms with Gasteiger partial charge in [0.25, 0.3) is 0 Å². The van der Waals surface area contributed by atoms with Crippen LogP contribution in [0.1, 0.15) is 53.9 Å². The first-order chi connectivity index (χ1) is 8.34. The van der Waals surface area contributed by atoms with Crippen molar-refractivity contribution in [3.8, 4) is 0 Å². The number of nitrogens with zero attached hydrogens (tertiary/aromatic N) is 1. The summed E-state index contributed by atoms with van der Waals surface area (Å²) in [5, 5.41) is 0.153. The van der Waals surface area contributed by atoms with Crippen LogP contribution in [0.5, 0.6) is 0 Å². The molecule has 1 saturated heterocycles. The van der Waals surface area contributed by atoms with E-state index in [2.05, 4.69) is 32.6 Å². The minimum atomic E-state index is 0.149. The maximum Gasteiger partial charge on any atom is 0.226 e. The number of carbonyl (C=O) groups excluding carboxylic acids is 1. The van der Waals surface area contributed by atoms with Crippen molar-refractivity contribution in [1.82, 2.24) is 4.90 Å². The fourth-order valence-electron chi connectivity index (χ4n) is 3.28.